The number of likely N-dealkylation sites (N-methyl/N-ethyl adjacent to an activating group) is 2. The van der Waals surface area contributed by atoms with E-state index in [1.165, 1.54) is 4.31 Å². The van der Waals surface area contributed by atoms with Crippen LogP contribution in [-0.2, 0) is 19.6 Å². The minimum absolute atomic E-state index is 0.136. The van der Waals surface area contributed by atoms with E-state index in [1.54, 1.807) is 31.3 Å². The molecule has 7 nitrogen and oxygen atoms in total. The van der Waals surface area contributed by atoms with Crippen LogP contribution in [0.15, 0.2) is 59.0 Å². The predicted molar refractivity (Wildman–Crippen MR) is 111 cm³/mol. The molecule has 0 spiro atoms. The molecule has 0 radical (unpaired) electrons. The zero-order valence-electron chi connectivity index (χ0n) is 16.6. The minimum Gasteiger partial charge on any atom is -0.491 e. The van der Waals surface area contributed by atoms with Gasteiger partial charge >= 0.3 is 5.97 Å². The Morgan fingerprint density at radius 3 is 2.76 bits per heavy atom. The van der Waals surface area contributed by atoms with Crippen LogP contribution in [0, 0.1) is 0 Å². The lowest BCUT2D eigenvalue weighted by atomic mass is 9.97. The average molecular weight is 419 g/mol. The molecule has 29 heavy (non-hydrogen) atoms. The summed E-state index contributed by atoms with van der Waals surface area (Å²) in [5, 5.41) is 8.75. The van der Waals surface area contributed by atoms with Crippen molar-refractivity contribution in [1.29, 1.82) is 0 Å². The highest BCUT2D eigenvalue weighted by molar-refractivity contribution is 7.89. The van der Waals surface area contributed by atoms with Crippen LogP contribution in [0.4, 0.5) is 0 Å². The first-order valence-electron chi connectivity index (χ1n) is 9.52. The van der Waals surface area contributed by atoms with Gasteiger partial charge in [-0.25, -0.2) is 8.42 Å². The summed E-state index contributed by atoms with van der Waals surface area (Å²) in [6.07, 6.45) is 8.16. The molecule has 0 saturated heterocycles. The van der Waals surface area contributed by atoms with Gasteiger partial charge in [-0.05, 0) is 32.1 Å². The van der Waals surface area contributed by atoms with Gasteiger partial charge in [-0.2, -0.15) is 4.31 Å². The normalized spacial score (nSPS) is 20.3. The number of carboxylic acids is 1. The number of hydrogen-bond donors (Lipinski definition) is 1. The quantitative estimate of drug-likeness (QED) is 0.697. The summed E-state index contributed by atoms with van der Waals surface area (Å²) in [4.78, 5) is 12.9. The number of fused-ring (bicyclic) bond motifs is 2. The van der Waals surface area contributed by atoms with E-state index in [-0.39, 0.29) is 11.3 Å². The third-order valence-electron chi connectivity index (χ3n) is 5.09. The molecule has 1 aliphatic carbocycles. The van der Waals surface area contributed by atoms with Crippen LogP contribution in [0.25, 0.3) is 5.76 Å². The number of aliphatic carboxylic acids is 1. The Kier molecular flexibility index (Phi) is 6.56. The third kappa shape index (κ3) is 4.60. The number of sulfonamides is 1. The molecule has 2 aliphatic rings. The van der Waals surface area contributed by atoms with Gasteiger partial charge in [-0.1, -0.05) is 36.4 Å². The first-order valence-corrected chi connectivity index (χ1v) is 11.0. The van der Waals surface area contributed by atoms with E-state index in [0.29, 0.717) is 37.4 Å². The first kappa shape index (κ1) is 21.3. The molecule has 1 aromatic rings. The fourth-order valence-corrected chi connectivity index (χ4v) is 4.96. The molecule has 1 heterocycles. The van der Waals surface area contributed by atoms with Crippen molar-refractivity contribution in [1.82, 2.24) is 9.21 Å². The van der Waals surface area contributed by atoms with Gasteiger partial charge in [0.25, 0.3) is 0 Å². The van der Waals surface area contributed by atoms with Crippen LogP contribution in [0.5, 0.6) is 0 Å². The molecule has 0 bridgehead atoms. The van der Waals surface area contributed by atoms with E-state index < -0.39 is 22.0 Å². The van der Waals surface area contributed by atoms with Crippen molar-refractivity contribution in [2.75, 3.05) is 33.8 Å². The summed E-state index contributed by atoms with van der Waals surface area (Å²) >= 11 is 0. The van der Waals surface area contributed by atoms with E-state index in [0.717, 1.165) is 5.57 Å². The van der Waals surface area contributed by atoms with Gasteiger partial charge < -0.3 is 14.7 Å². The Balaban J connectivity index is 1.84. The molecule has 1 aliphatic heterocycles. The summed E-state index contributed by atoms with van der Waals surface area (Å²) in [7, 11) is -0.168. The van der Waals surface area contributed by atoms with Crippen LogP contribution in [-0.4, -0.2) is 68.5 Å². The highest BCUT2D eigenvalue weighted by atomic mass is 32.2. The highest BCUT2D eigenvalue weighted by Gasteiger charge is 2.37. The molecule has 0 aromatic heterocycles. The molecule has 8 heteroatoms. The maximum atomic E-state index is 13.1. The lowest BCUT2D eigenvalue weighted by Gasteiger charge is -2.26. The number of hydrogen-bond acceptors (Lipinski definition) is 5. The van der Waals surface area contributed by atoms with Gasteiger partial charge in [-0.3, -0.25) is 4.79 Å². The van der Waals surface area contributed by atoms with Gasteiger partial charge in [0.15, 0.2) is 0 Å². The highest BCUT2D eigenvalue weighted by Crippen LogP contribution is 2.37. The summed E-state index contributed by atoms with van der Waals surface area (Å²) in [5.41, 5.74) is 1.36. The molecule has 1 N–H and O–H groups in total. The second kappa shape index (κ2) is 8.94. The zero-order chi connectivity index (χ0) is 21.0. The second-order valence-electron chi connectivity index (χ2n) is 7.14. The van der Waals surface area contributed by atoms with Crippen molar-refractivity contribution in [2.24, 2.45) is 0 Å². The maximum Gasteiger partial charge on any atom is 0.303 e. The first-order chi connectivity index (χ1) is 13.8. The number of carboxylic acid groups (broad SMARTS) is 1. The Labute approximate surface area is 171 Å². The SMILES string of the molecule is CN(CCCC(=O)O)CCOC1=C2C=CC=CC2N(C)S(=O)(=O)c2ccccc21. The molecule has 0 fully saturated rings. The Bertz CT molecular complexity index is 965. The lowest BCUT2D eigenvalue weighted by Crippen LogP contribution is -2.36. The molecule has 1 unspecified atom stereocenters. The standard InChI is InChI=1S/C21H26N2O5S/c1-22(13-7-12-20(24)25)14-15-28-21-16-8-3-5-10-18(16)23(2)29(26,27)19-11-6-4-9-17(19)21/h3-6,8-11,18H,7,12-15H2,1-2H3,(H,24,25). The molecular formula is C21H26N2O5S. The third-order valence-corrected chi connectivity index (χ3v) is 6.99. The number of carbonyl (C=O) groups is 1. The predicted octanol–water partition coefficient (Wildman–Crippen LogP) is 2.34. The largest absolute Gasteiger partial charge is 0.491 e. The zero-order valence-corrected chi connectivity index (χ0v) is 17.4. The fraction of sp³-hybridized carbons (Fsp3) is 0.381. The van der Waals surface area contributed by atoms with Crippen molar-refractivity contribution in [3.05, 3.63) is 59.7 Å². The number of allylic oxidation sites excluding steroid dienone is 2. The van der Waals surface area contributed by atoms with Crippen molar-refractivity contribution >= 4 is 21.8 Å². The van der Waals surface area contributed by atoms with E-state index in [4.69, 9.17) is 9.84 Å². The average Bonchev–Trinajstić information content (AvgIpc) is 2.76. The van der Waals surface area contributed by atoms with Crippen molar-refractivity contribution in [2.45, 2.75) is 23.8 Å². The van der Waals surface area contributed by atoms with Crippen LogP contribution >= 0.6 is 0 Å². The number of benzene rings is 1. The molecule has 1 aromatic carbocycles. The lowest BCUT2D eigenvalue weighted by molar-refractivity contribution is -0.137. The molecular weight excluding hydrogens is 392 g/mol. The van der Waals surface area contributed by atoms with E-state index in [9.17, 15) is 13.2 Å². The van der Waals surface area contributed by atoms with Gasteiger partial charge in [0, 0.05) is 31.1 Å². The van der Waals surface area contributed by atoms with Gasteiger partial charge in [0.05, 0.1) is 10.9 Å². The Morgan fingerprint density at radius 1 is 1.24 bits per heavy atom. The Morgan fingerprint density at radius 2 is 2.00 bits per heavy atom. The van der Waals surface area contributed by atoms with Crippen molar-refractivity contribution in [3.8, 4) is 0 Å². The van der Waals surface area contributed by atoms with Gasteiger partial charge in [0.1, 0.15) is 12.4 Å². The van der Waals surface area contributed by atoms with Crippen molar-refractivity contribution < 1.29 is 23.1 Å². The fourth-order valence-electron chi connectivity index (χ4n) is 3.47. The molecule has 0 saturated carbocycles. The monoisotopic (exact) mass is 418 g/mol. The van der Waals surface area contributed by atoms with E-state index in [1.807, 2.05) is 36.3 Å². The number of nitrogens with zero attached hydrogens (tertiary/aromatic N) is 2. The maximum absolute atomic E-state index is 13.1. The van der Waals surface area contributed by atoms with E-state index in [2.05, 4.69) is 0 Å². The smallest absolute Gasteiger partial charge is 0.303 e. The van der Waals surface area contributed by atoms with Gasteiger partial charge in [0.2, 0.25) is 10.0 Å². The molecule has 3 rings (SSSR count). The molecule has 0 amide bonds. The summed E-state index contributed by atoms with van der Waals surface area (Å²) in [5.74, 6) is -0.233. The minimum atomic E-state index is -3.66. The van der Waals surface area contributed by atoms with Crippen LogP contribution in [0.1, 0.15) is 18.4 Å². The van der Waals surface area contributed by atoms with E-state index >= 15 is 0 Å². The summed E-state index contributed by atoms with van der Waals surface area (Å²) < 4.78 is 33.7. The van der Waals surface area contributed by atoms with Crippen LogP contribution < -0.4 is 0 Å². The summed E-state index contributed by atoms with van der Waals surface area (Å²) in [6, 6.07) is 6.46. The van der Waals surface area contributed by atoms with Crippen LogP contribution in [0.3, 0.4) is 0 Å². The van der Waals surface area contributed by atoms with Gasteiger partial charge in [-0.15, -0.1) is 0 Å². The molecule has 1 atom stereocenters. The number of ether oxygens (including phenoxy) is 1. The number of rotatable bonds is 8. The molecule has 156 valence electrons. The summed E-state index contributed by atoms with van der Waals surface area (Å²) in [6.45, 7) is 1.62. The van der Waals surface area contributed by atoms with Crippen molar-refractivity contribution in [3.63, 3.8) is 0 Å². The van der Waals surface area contributed by atoms with Crippen LogP contribution in [0.2, 0.25) is 0 Å². The Hall–Kier alpha value is -2.42. The topological polar surface area (TPSA) is 87.2 Å². The second-order valence-corrected chi connectivity index (χ2v) is 9.11.